The molecule has 0 fully saturated rings. The van der Waals surface area contributed by atoms with Crippen LogP contribution < -0.4 is 5.73 Å². The lowest BCUT2D eigenvalue weighted by atomic mass is 10.2. The number of thiophene rings is 1. The second kappa shape index (κ2) is 4.08. The molecule has 0 aliphatic heterocycles. The lowest BCUT2D eigenvalue weighted by Gasteiger charge is -1.82. The van der Waals surface area contributed by atoms with Crippen LogP contribution in [0.5, 0.6) is 0 Å². The van der Waals surface area contributed by atoms with Gasteiger partial charge < -0.3 is 10.8 Å². The van der Waals surface area contributed by atoms with E-state index in [0.29, 0.717) is 4.88 Å². The molecule has 0 radical (unpaired) electrons. The van der Waals surface area contributed by atoms with Crippen molar-refractivity contribution in [3.8, 4) is 11.8 Å². The molecule has 0 unspecified atom stereocenters. The van der Waals surface area contributed by atoms with Gasteiger partial charge in [-0.15, -0.1) is 11.3 Å². The molecule has 1 amide bonds. The van der Waals surface area contributed by atoms with E-state index in [1.54, 1.807) is 6.07 Å². The summed E-state index contributed by atoms with van der Waals surface area (Å²) < 4.78 is 0. The summed E-state index contributed by atoms with van der Waals surface area (Å²) in [5, 5.41) is 8.47. The molecule has 0 aliphatic rings. The van der Waals surface area contributed by atoms with Crippen LogP contribution in [0, 0.1) is 18.8 Å². The van der Waals surface area contributed by atoms with E-state index in [9.17, 15) is 4.79 Å². The Morgan fingerprint density at radius 1 is 1.77 bits per heavy atom. The molecule has 0 bridgehead atoms. The first-order chi connectivity index (χ1) is 6.15. The van der Waals surface area contributed by atoms with E-state index in [1.807, 2.05) is 6.92 Å². The smallest absolute Gasteiger partial charge is 0.258 e. The SMILES string of the molecule is Cc1cc(C(N)=O)sc1C#CCO. The Morgan fingerprint density at radius 3 is 2.92 bits per heavy atom. The van der Waals surface area contributed by atoms with Crippen molar-refractivity contribution in [1.82, 2.24) is 0 Å². The van der Waals surface area contributed by atoms with Gasteiger partial charge in [-0.2, -0.15) is 0 Å². The molecule has 68 valence electrons. The molecule has 1 aromatic rings. The molecule has 0 aliphatic carbocycles. The van der Waals surface area contributed by atoms with Gasteiger partial charge in [0.2, 0.25) is 0 Å². The van der Waals surface area contributed by atoms with Gasteiger partial charge in [-0.1, -0.05) is 11.8 Å². The predicted molar refractivity (Wildman–Crippen MR) is 51.5 cm³/mol. The fourth-order valence-corrected chi connectivity index (χ4v) is 1.75. The second-order valence-electron chi connectivity index (χ2n) is 2.45. The fraction of sp³-hybridized carbons (Fsp3) is 0.222. The van der Waals surface area contributed by atoms with Gasteiger partial charge >= 0.3 is 0 Å². The minimum atomic E-state index is -0.440. The molecule has 13 heavy (non-hydrogen) atoms. The van der Waals surface area contributed by atoms with Crippen molar-refractivity contribution in [3.05, 3.63) is 21.4 Å². The van der Waals surface area contributed by atoms with Crippen LogP contribution in [0.1, 0.15) is 20.1 Å². The average Bonchev–Trinajstić information content (AvgIpc) is 2.44. The number of hydrogen-bond acceptors (Lipinski definition) is 3. The molecule has 1 heterocycles. The Hall–Kier alpha value is -1.31. The number of hydrogen-bond donors (Lipinski definition) is 2. The summed E-state index contributed by atoms with van der Waals surface area (Å²) >= 11 is 1.25. The normalized spacial score (nSPS) is 9.08. The van der Waals surface area contributed by atoms with Crippen LogP contribution in [0.4, 0.5) is 0 Å². The third-order valence-corrected chi connectivity index (χ3v) is 2.61. The second-order valence-corrected chi connectivity index (χ2v) is 3.50. The van der Waals surface area contributed by atoms with E-state index in [0.717, 1.165) is 10.4 Å². The first kappa shape index (κ1) is 9.78. The molecule has 3 nitrogen and oxygen atoms in total. The topological polar surface area (TPSA) is 63.3 Å². The quantitative estimate of drug-likeness (QED) is 0.641. The molecule has 0 saturated heterocycles. The lowest BCUT2D eigenvalue weighted by molar-refractivity contribution is 0.100. The highest BCUT2D eigenvalue weighted by Gasteiger charge is 2.07. The van der Waals surface area contributed by atoms with Crippen LogP contribution in [0.2, 0.25) is 0 Å². The van der Waals surface area contributed by atoms with E-state index >= 15 is 0 Å². The van der Waals surface area contributed by atoms with Gasteiger partial charge in [0.15, 0.2) is 0 Å². The van der Waals surface area contributed by atoms with Gasteiger partial charge in [0.1, 0.15) is 6.61 Å². The molecular formula is C9H9NO2S. The van der Waals surface area contributed by atoms with Crippen LogP contribution >= 0.6 is 11.3 Å². The van der Waals surface area contributed by atoms with Crippen molar-refractivity contribution >= 4 is 17.2 Å². The number of primary amides is 1. The molecule has 4 heteroatoms. The van der Waals surface area contributed by atoms with Crippen LogP contribution in [0.25, 0.3) is 0 Å². The number of aliphatic hydroxyl groups excluding tert-OH is 1. The number of aliphatic hydroxyl groups is 1. The molecule has 0 aromatic carbocycles. The van der Waals surface area contributed by atoms with Crippen LogP contribution in [-0.2, 0) is 0 Å². The Morgan fingerprint density at radius 2 is 2.46 bits per heavy atom. The average molecular weight is 195 g/mol. The fourth-order valence-electron chi connectivity index (χ4n) is 0.847. The maximum atomic E-state index is 10.8. The standard InChI is InChI=1S/C9H9NO2S/c1-6-5-8(9(10)12)13-7(6)3-2-4-11/h5,11H,4H2,1H3,(H2,10,12). The number of rotatable bonds is 1. The number of carbonyl (C=O) groups excluding carboxylic acids is 1. The molecule has 0 atom stereocenters. The van der Waals surface area contributed by atoms with Crippen molar-refractivity contribution in [2.45, 2.75) is 6.92 Å². The monoisotopic (exact) mass is 195 g/mol. The number of carbonyl (C=O) groups is 1. The van der Waals surface area contributed by atoms with Gasteiger partial charge in [0.25, 0.3) is 5.91 Å². The first-order valence-corrected chi connectivity index (χ1v) is 4.46. The minimum absolute atomic E-state index is 0.177. The zero-order valence-electron chi connectivity index (χ0n) is 7.13. The maximum absolute atomic E-state index is 10.8. The van der Waals surface area contributed by atoms with Gasteiger partial charge in [-0.3, -0.25) is 4.79 Å². The van der Waals surface area contributed by atoms with Crippen molar-refractivity contribution in [3.63, 3.8) is 0 Å². The molecule has 0 spiro atoms. The third kappa shape index (κ3) is 2.31. The minimum Gasteiger partial charge on any atom is -0.384 e. The maximum Gasteiger partial charge on any atom is 0.258 e. The highest BCUT2D eigenvalue weighted by atomic mass is 32.1. The van der Waals surface area contributed by atoms with Gasteiger partial charge in [-0.05, 0) is 18.6 Å². The molecule has 1 aromatic heterocycles. The third-order valence-electron chi connectivity index (χ3n) is 1.44. The highest BCUT2D eigenvalue weighted by Crippen LogP contribution is 2.20. The Bertz CT molecular complexity index is 384. The van der Waals surface area contributed by atoms with E-state index in [4.69, 9.17) is 10.8 Å². The summed E-state index contributed by atoms with van der Waals surface area (Å²) in [6.07, 6.45) is 0. The Balaban J connectivity index is 3.03. The lowest BCUT2D eigenvalue weighted by Crippen LogP contribution is -2.08. The summed E-state index contributed by atoms with van der Waals surface area (Å²) in [7, 11) is 0. The Kier molecular flexibility index (Phi) is 3.07. The molecular weight excluding hydrogens is 186 g/mol. The number of aryl methyl sites for hydroxylation is 1. The summed E-state index contributed by atoms with van der Waals surface area (Å²) in [6.45, 7) is 1.67. The highest BCUT2D eigenvalue weighted by molar-refractivity contribution is 7.14. The van der Waals surface area contributed by atoms with Crippen LogP contribution in [-0.4, -0.2) is 17.6 Å². The summed E-state index contributed by atoms with van der Waals surface area (Å²) in [5.74, 6) is 4.83. The summed E-state index contributed by atoms with van der Waals surface area (Å²) in [6, 6.07) is 1.70. The van der Waals surface area contributed by atoms with Gasteiger partial charge in [-0.25, -0.2) is 0 Å². The van der Waals surface area contributed by atoms with E-state index in [2.05, 4.69) is 11.8 Å². The van der Waals surface area contributed by atoms with Gasteiger partial charge in [0, 0.05) is 0 Å². The summed E-state index contributed by atoms with van der Waals surface area (Å²) in [5.41, 5.74) is 6.01. The van der Waals surface area contributed by atoms with E-state index in [-0.39, 0.29) is 6.61 Å². The van der Waals surface area contributed by atoms with Crippen molar-refractivity contribution in [2.24, 2.45) is 5.73 Å². The van der Waals surface area contributed by atoms with Crippen molar-refractivity contribution < 1.29 is 9.90 Å². The molecule has 1 rings (SSSR count). The Labute approximate surface area is 80.2 Å². The van der Waals surface area contributed by atoms with Crippen LogP contribution in [0.3, 0.4) is 0 Å². The van der Waals surface area contributed by atoms with Gasteiger partial charge in [0.05, 0.1) is 9.75 Å². The zero-order chi connectivity index (χ0) is 9.84. The summed E-state index contributed by atoms with van der Waals surface area (Å²) in [4.78, 5) is 12.1. The molecule has 0 saturated carbocycles. The number of amides is 1. The first-order valence-electron chi connectivity index (χ1n) is 3.65. The number of nitrogens with two attached hydrogens (primary N) is 1. The van der Waals surface area contributed by atoms with Crippen LogP contribution in [0.15, 0.2) is 6.07 Å². The van der Waals surface area contributed by atoms with Crippen molar-refractivity contribution in [1.29, 1.82) is 0 Å². The van der Waals surface area contributed by atoms with Crippen molar-refractivity contribution in [2.75, 3.05) is 6.61 Å². The largest absolute Gasteiger partial charge is 0.384 e. The predicted octanol–water partition coefficient (Wildman–Crippen LogP) is 0.499. The van der Waals surface area contributed by atoms with E-state index < -0.39 is 5.91 Å². The zero-order valence-corrected chi connectivity index (χ0v) is 7.94. The molecule has 3 N–H and O–H groups in total. The van der Waals surface area contributed by atoms with E-state index in [1.165, 1.54) is 11.3 Å².